The van der Waals surface area contributed by atoms with E-state index in [1.807, 2.05) is 11.3 Å². The minimum Gasteiger partial charge on any atom is -0.309 e. The van der Waals surface area contributed by atoms with Crippen molar-refractivity contribution in [3.8, 4) is 22.3 Å². The second-order valence-electron chi connectivity index (χ2n) is 14.1. The van der Waals surface area contributed by atoms with E-state index >= 15 is 0 Å². The molecule has 0 aliphatic heterocycles. The Hall–Kier alpha value is -5.44. The van der Waals surface area contributed by atoms with E-state index in [1.54, 1.807) is 0 Å². The van der Waals surface area contributed by atoms with E-state index in [1.165, 1.54) is 87.3 Å². The maximum atomic E-state index is 2.57. The third-order valence-electron chi connectivity index (χ3n) is 11.0. The van der Waals surface area contributed by atoms with Gasteiger partial charge in [0.15, 0.2) is 0 Å². The lowest BCUT2D eigenvalue weighted by atomic mass is 9.82. The Morgan fingerprint density at radius 1 is 0.531 bits per heavy atom. The SMILES string of the molecule is CC1(C)c2ccccc2-c2c(N(c3ccc4c(c3)sc3ccccc34)c3cccc4c3-c3ccccc3C4Cc3ccccc3)cccc21. The minimum absolute atomic E-state index is 0.0882. The van der Waals surface area contributed by atoms with Crippen LogP contribution in [0.5, 0.6) is 0 Å². The first-order chi connectivity index (χ1) is 24.1. The quantitative estimate of drug-likeness (QED) is 0.180. The van der Waals surface area contributed by atoms with Crippen LogP contribution in [0.4, 0.5) is 17.1 Å². The predicted molar refractivity (Wildman–Crippen MR) is 209 cm³/mol. The zero-order valence-corrected chi connectivity index (χ0v) is 28.5. The lowest BCUT2D eigenvalue weighted by molar-refractivity contribution is 0.660. The van der Waals surface area contributed by atoms with Gasteiger partial charge < -0.3 is 4.90 Å². The van der Waals surface area contributed by atoms with Crippen LogP contribution in [0.15, 0.2) is 158 Å². The molecule has 8 aromatic rings. The third-order valence-corrected chi connectivity index (χ3v) is 12.2. The maximum Gasteiger partial charge on any atom is 0.0543 e. The molecule has 0 saturated heterocycles. The number of anilines is 3. The maximum absolute atomic E-state index is 2.57. The van der Waals surface area contributed by atoms with Gasteiger partial charge in [-0.1, -0.05) is 141 Å². The van der Waals surface area contributed by atoms with Crippen LogP contribution in [-0.2, 0) is 11.8 Å². The average Bonchev–Trinajstić information content (AvgIpc) is 3.75. The van der Waals surface area contributed by atoms with Gasteiger partial charge >= 0.3 is 0 Å². The van der Waals surface area contributed by atoms with Crippen LogP contribution in [0.3, 0.4) is 0 Å². The van der Waals surface area contributed by atoms with Crippen molar-refractivity contribution in [2.24, 2.45) is 0 Å². The molecule has 1 atom stereocenters. The van der Waals surface area contributed by atoms with Gasteiger partial charge in [-0.25, -0.2) is 0 Å². The summed E-state index contributed by atoms with van der Waals surface area (Å²) in [5.41, 5.74) is 15.9. The molecule has 1 aromatic heterocycles. The van der Waals surface area contributed by atoms with Gasteiger partial charge in [0.2, 0.25) is 0 Å². The second kappa shape index (κ2) is 10.8. The van der Waals surface area contributed by atoms with Crippen LogP contribution >= 0.6 is 11.3 Å². The molecule has 0 amide bonds. The van der Waals surface area contributed by atoms with Crippen molar-refractivity contribution in [2.45, 2.75) is 31.6 Å². The van der Waals surface area contributed by atoms with Gasteiger partial charge in [-0.2, -0.15) is 0 Å². The summed E-state index contributed by atoms with van der Waals surface area (Å²) in [6, 6.07) is 58.9. The fourth-order valence-corrected chi connectivity index (χ4v) is 9.92. The van der Waals surface area contributed by atoms with Crippen LogP contribution in [-0.4, -0.2) is 0 Å². The molecule has 2 aliphatic carbocycles. The summed E-state index contributed by atoms with van der Waals surface area (Å²) >= 11 is 1.89. The Bertz CT molecular complexity index is 2570. The molecule has 2 aliphatic rings. The predicted octanol–water partition coefficient (Wildman–Crippen LogP) is 13.2. The molecule has 1 unspecified atom stereocenters. The molecule has 1 heterocycles. The van der Waals surface area contributed by atoms with Crippen LogP contribution in [0, 0.1) is 0 Å². The molecule has 0 radical (unpaired) electrons. The molecule has 0 N–H and O–H groups in total. The summed E-state index contributed by atoms with van der Waals surface area (Å²) in [6.07, 6.45) is 0.977. The van der Waals surface area contributed by atoms with Gasteiger partial charge in [-0.3, -0.25) is 0 Å². The van der Waals surface area contributed by atoms with Gasteiger partial charge in [-0.05, 0) is 75.7 Å². The van der Waals surface area contributed by atoms with Gasteiger partial charge in [-0.15, -0.1) is 11.3 Å². The second-order valence-corrected chi connectivity index (χ2v) is 15.1. The Morgan fingerprint density at radius 2 is 1.18 bits per heavy atom. The summed E-state index contributed by atoms with van der Waals surface area (Å²) < 4.78 is 2.64. The Balaban J connectivity index is 1.26. The first-order valence-corrected chi connectivity index (χ1v) is 18.1. The summed E-state index contributed by atoms with van der Waals surface area (Å²) in [7, 11) is 0. The van der Waals surface area contributed by atoms with Crippen molar-refractivity contribution in [1.29, 1.82) is 0 Å². The molecule has 7 aromatic carbocycles. The molecule has 0 fully saturated rings. The number of rotatable bonds is 5. The number of thiophene rings is 1. The Morgan fingerprint density at radius 3 is 2.06 bits per heavy atom. The molecule has 0 bridgehead atoms. The number of nitrogens with zero attached hydrogens (tertiary/aromatic N) is 1. The fraction of sp³-hybridized carbons (Fsp3) is 0.106. The summed E-state index contributed by atoms with van der Waals surface area (Å²) in [5.74, 6) is 0.293. The summed E-state index contributed by atoms with van der Waals surface area (Å²) in [6.45, 7) is 4.75. The van der Waals surface area contributed by atoms with E-state index in [-0.39, 0.29) is 5.41 Å². The van der Waals surface area contributed by atoms with Crippen molar-refractivity contribution < 1.29 is 0 Å². The standard InChI is InChI=1S/C47H35NS/c1-47(2)39-21-10-8-19-37(39)46-40(47)22-13-24-42(46)48(31-26-27-34-33-17-9-11-25-43(33)49-44(34)29-31)41-23-12-20-36-38(28-30-14-4-3-5-15-30)32-16-6-7-18-35(32)45(36)41/h3-27,29,38H,28H2,1-2H3. The molecule has 2 heteroatoms. The topological polar surface area (TPSA) is 3.24 Å². The zero-order valence-electron chi connectivity index (χ0n) is 27.7. The van der Waals surface area contributed by atoms with Gasteiger partial charge in [0.05, 0.1) is 11.4 Å². The van der Waals surface area contributed by atoms with E-state index in [4.69, 9.17) is 0 Å². The fourth-order valence-electron chi connectivity index (χ4n) is 8.78. The number of benzene rings is 7. The zero-order chi connectivity index (χ0) is 32.7. The van der Waals surface area contributed by atoms with Crippen molar-refractivity contribution in [1.82, 2.24) is 0 Å². The van der Waals surface area contributed by atoms with Gasteiger partial charge in [0.1, 0.15) is 0 Å². The molecule has 0 saturated carbocycles. The molecule has 10 rings (SSSR count). The van der Waals surface area contributed by atoms with E-state index in [0.29, 0.717) is 5.92 Å². The first-order valence-electron chi connectivity index (χ1n) is 17.3. The average molecular weight is 646 g/mol. The van der Waals surface area contributed by atoms with Crippen LogP contribution in [0.25, 0.3) is 42.4 Å². The molecule has 234 valence electrons. The molecular weight excluding hydrogens is 611 g/mol. The number of fused-ring (bicyclic) bond motifs is 9. The van der Waals surface area contributed by atoms with E-state index in [9.17, 15) is 0 Å². The summed E-state index contributed by atoms with van der Waals surface area (Å²) in [5, 5.41) is 2.65. The molecule has 0 spiro atoms. The van der Waals surface area contributed by atoms with Gasteiger partial charge in [0.25, 0.3) is 0 Å². The van der Waals surface area contributed by atoms with Crippen molar-refractivity contribution in [3.05, 3.63) is 186 Å². The highest BCUT2D eigenvalue weighted by atomic mass is 32.1. The lowest BCUT2D eigenvalue weighted by Crippen LogP contribution is -2.16. The smallest absolute Gasteiger partial charge is 0.0543 e. The van der Waals surface area contributed by atoms with Crippen molar-refractivity contribution in [2.75, 3.05) is 4.90 Å². The molecule has 49 heavy (non-hydrogen) atoms. The minimum atomic E-state index is -0.0882. The normalized spacial score (nSPS) is 15.2. The lowest BCUT2D eigenvalue weighted by Gasteiger charge is -2.31. The number of hydrogen-bond donors (Lipinski definition) is 0. The highest BCUT2D eigenvalue weighted by Crippen LogP contribution is 2.57. The van der Waals surface area contributed by atoms with Crippen LogP contribution in [0.1, 0.15) is 47.6 Å². The van der Waals surface area contributed by atoms with Crippen LogP contribution < -0.4 is 4.90 Å². The highest BCUT2D eigenvalue weighted by molar-refractivity contribution is 7.25. The van der Waals surface area contributed by atoms with Crippen molar-refractivity contribution in [3.63, 3.8) is 0 Å². The van der Waals surface area contributed by atoms with E-state index in [2.05, 4.69) is 176 Å². The third kappa shape index (κ3) is 4.24. The van der Waals surface area contributed by atoms with Crippen molar-refractivity contribution >= 4 is 48.6 Å². The summed E-state index contributed by atoms with van der Waals surface area (Å²) in [4.78, 5) is 2.57. The molecule has 1 nitrogen and oxygen atoms in total. The van der Waals surface area contributed by atoms with Gasteiger partial charge in [0, 0.05) is 48.3 Å². The molecular formula is C47H35NS. The largest absolute Gasteiger partial charge is 0.309 e. The Labute approximate surface area is 291 Å². The highest BCUT2D eigenvalue weighted by Gasteiger charge is 2.39. The van der Waals surface area contributed by atoms with Crippen LogP contribution in [0.2, 0.25) is 0 Å². The van der Waals surface area contributed by atoms with E-state index < -0.39 is 0 Å². The monoisotopic (exact) mass is 645 g/mol. The first kappa shape index (κ1) is 28.6. The Kier molecular flexibility index (Phi) is 6.29. The van der Waals surface area contributed by atoms with E-state index in [0.717, 1.165) is 6.42 Å². The number of hydrogen-bond acceptors (Lipinski definition) is 2.